The largest absolute Gasteiger partial charge is 0.481 e. The molecule has 0 aromatic carbocycles. The topological polar surface area (TPSA) is 106 Å². The summed E-state index contributed by atoms with van der Waals surface area (Å²) in [6.07, 6.45) is 5.61. The monoisotopic (exact) mass is 203 g/mol. The first kappa shape index (κ1) is 11.6. The molecule has 0 saturated heterocycles. The van der Waals surface area contributed by atoms with Crippen LogP contribution in [0.25, 0.3) is 0 Å². The van der Waals surface area contributed by atoms with Crippen molar-refractivity contribution >= 4 is 21.1 Å². The summed E-state index contributed by atoms with van der Waals surface area (Å²) in [6, 6.07) is 0. The van der Waals surface area contributed by atoms with E-state index in [1.54, 1.807) is 0 Å². The lowest BCUT2D eigenvalue weighted by atomic mass is 10.0. The van der Waals surface area contributed by atoms with Gasteiger partial charge in [-0.2, -0.15) is 8.42 Å². The molecule has 0 radical (unpaired) electrons. The zero-order valence-corrected chi connectivity index (χ0v) is 7.49. The highest BCUT2D eigenvalue weighted by Crippen LogP contribution is 2.08. The molecule has 4 N–H and O–H groups in total. The van der Waals surface area contributed by atoms with Crippen molar-refractivity contribution in [3.8, 4) is 0 Å². The number of allylic oxidation sites excluding steroid dienone is 3. The Morgan fingerprint density at radius 3 is 2.38 bits per heavy atom. The van der Waals surface area contributed by atoms with Gasteiger partial charge in [0.1, 0.15) is 5.92 Å². The molecule has 13 heavy (non-hydrogen) atoms. The molecule has 72 valence electrons. The molecule has 0 aromatic rings. The number of carboxylic acid groups (broad SMARTS) is 1. The molecule has 0 heterocycles. The fourth-order valence-corrected chi connectivity index (χ4v) is 1.46. The number of rotatable bonds is 1. The van der Waals surface area contributed by atoms with E-state index in [1.807, 2.05) is 0 Å². The summed E-state index contributed by atoms with van der Waals surface area (Å²) in [7, 11) is -2.45. The Morgan fingerprint density at radius 2 is 2.00 bits per heavy atom. The lowest BCUT2D eigenvalue weighted by Gasteiger charge is -2.06. The molecular weight excluding hydrogens is 194 g/mol. The van der Waals surface area contributed by atoms with Crippen LogP contribution in [-0.2, 0) is 15.1 Å². The number of hydrogen-bond donors (Lipinski definition) is 2. The second-order valence-electron chi connectivity index (χ2n) is 2.20. The predicted molar refractivity (Wildman–Crippen MR) is 48.4 cm³/mol. The minimum atomic E-state index is -2.45. The minimum absolute atomic E-state index is 0. The second kappa shape index (κ2) is 4.58. The van der Waals surface area contributed by atoms with Gasteiger partial charge >= 0.3 is 5.97 Å². The molecule has 6 heteroatoms. The quantitative estimate of drug-likeness (QED) is 0.584. The molecule has 1 unspecified atom stereocenters. The van der Waals surface area contributed by atoms with Gasteiger partial charge in [0.05, 0.1) is 4.86 Å². The Labute approximate surface area is 76.5 Å². The summed E-state index contributed by atoms with van der Waals surface area (Å²) in [5.74, 6) is -2.19. The van der Waals surface area contributed by atoms with E-state index in [0.29, 0.717) is 0 Å². The molecule has 1 atom stereocenters. The molecule has 0 amide bonds. The van der Waals surface area contributed by atoms with Gasteiger partial charge in [-0.25, -0.2) is 0 Å². The van der Waals surface area contributed by atoms with Gasteiger partial charge in [-0.15, -0.1) is 0 Å². The van der Waals surface area contributed by atoms with Crippen LogP contribution in [0.1, 0.15) is 0 Å². The lowest BCUT2D eigenvalue weighted by molar-refractivity contribution is -0.137. The van der Waals surface area contributed by atoms with Gasteiger partial charge in [-0.1, -0.05) is 18.2 Å². The van der Waals surface area contributed by atoms with E-state index in [0.717, 1.165) is 0 Å². The first-order chi connectivity index (χ1) is 5.63. The Bertz CT molecular complexity index is 383. The van der Waals surface area contributed by atoms with Crippen LogP contribution in [0.4, 0.5) is 0 Å². The first-order valence-corrected chi connectivity index (χ1v) is 4.24. The zero-order valence-electron chi connectivity index (χ0n) is 6.67. The van der Waals surface area contributed by atoms with Crippen LogP contribution >= 0.6 is 0 Å². The maximum Gasteiger partial charge on any atom is 0.315 e. The third-order valence-electron chi connectivity index (χ3n) is 1.44. The van der Waals surface area contributed by atoms with Gasteiger partial charge < -0.3 is 11.3 Å². The highest BCUT2D eigenvalue weighted by atomic mass is 32.2. The molecule has 1 rings (SSSR count). The van der Waals surface area contributed by atoms with E-state index in [-0.39, 0.29) is 11.0 Å². The summed E-state index contributed by atoms with van der Waals surface area (Å²) < 4.78 is 21.0. The van der Waals surface area contributed by atoms with Gasteiger partial charge in [-0.3, -0.25) is 4.79 Å². The number of carboxylic acids is 1. The molecular formula is C7H9NO4S. The van der Waals surface area contributed by atoms with Crippen molar-refractivity contribution in [3.05, 3.63) is 24.3 Å². The molecule has 0 bridgehead atoms. The first-order valence-electron chi connectivity index (χ1n) is 3.16. The van der Waals surface area contributed by atoms with Crippen LogP contribution < -0.4 is 6.15 Å². The maximum atomic E-state index is 10.5. The summed E-state index contributed by atoms with van der Waals surface area (Å²) in [4.78, 5) is 10.4. The van der Waals surface area contributed by atoms with E-state index in [1.165, 1.54) is 24.3 Å². The van der Waals surface area contributed by atoms with Crippen molar-refractivity contribution in [2.45, 2.75) is 0 Å². The highest BCUT2D eigenvalue weighted by Gasteiger charge is 2.21. The van der Waals surface area contributed by atoms with E-state index in [4.69, 9.17) is 5.11 Å². The molecule has 0 saturated carbocycles. The zero-order chi connectivity index (χ0) is 9.14. The lowest BCUT2D eigenvalue weighted by Crippen LogP contribution is -2.22. The van der Waals surface area contributed by atoms with Crippen LogP contribution in [0.15, 0.2) is 24.3 Å². The highest BCUT2D eigenvalue weighted by molar-refractivity contribution is 7.73. The SMILES string of the molecule is N.O=C(O)C1C=CC=CC1=S(=O)=O. The third kappa shape index (κ3) is 2.53. The van der Waals surface area contributed by atoms with Gasteiger partial charge in [0.15, 0.2) is 0 Å². The molecule has 0 aromatic heterocycles. The fourth-order valence-electron chi connectivity index (χ4n) is 0.887. The summed E-state index contributed by atoms with van der Waals surface area (Å²) in [5.41, 5.74) is 0. The predicted octanol–water partition coefficient (Wildman–Crippen LogP) is 0.0267. The van der Waals surface area contributed by atoms with Gasteiger partial charge in [0.2, 0.25) is 10.3 Å². The van der Waals surface area contributed by atoms with Gasteiger partial charge in [0.25, 0.3) is 0 Å². The van der Waals surface area contributed by atoms with Crippen LogP contribution in [0.3, 0.4) is 0 Å². The number of carbonyl (C=O) groups is 1. The Kier molecular flexibility index (Phi) is 4.09. The Morgan fingerprint density at radius 1 is 1.38 bits per heavy atom. The average Bonchev–Trinajstić information content (AvgIpc) is 2.04. The third-order valence-corrected chi connectivity index (χ3v) is 2.22. The van der Waals surface area contributed by atoms with Crippen LogP contribution in [0, 0.1) is 5.92 Å². The van der Waals surface area contributed by atoms with Crippen LogP contribution in [0.2, 0.25) is 0 Å². The van der Waals surface area contributed by atoms with Crippen molar-refractivity contribution in [1.82, 2.24) is 6.15 Å². The standard InChI is InChI=1S/C7H6O4S.H3N/c8-7(9)5-3-1-2-4-6(5)12(10)11;/h1-5H,(H,8,9);1H3. The Hall–Kier alpha value is -1.40. The van der Waals surface area contributed by atoms with Crippen molar-refractivity contribution in [1.29, 1.82) is 0 Å². The second-order valence-corrected chi connectivity index (χ2v) is 3.14. The molecule has 5 nitrogen and oxygen atoms in total. The smallest absolute Gasteiger partial charge is 0.315 e. The maximum absolute atomic E-state index is 10.5. The van der Waals surface area contributed by atoms with E-state index >= 15 is 0 Å². The van der Waals surface area contributed by atoms with Gasteiger partial charge in [-0.05, 0) is 6.08 Å². The summed E-state index contributed by atoms with van der Waals surface area (Å²) >= 11 is 0. The minimum Gasteiger partial charge on any atom is -0.481 e. The molecule has 1 aliphatic rings. The molecule has 1 aliphatic carbocycles. The number of aliphatic carboxylic acids is 1. The Balaban J connectivity index is 0.00000144. The van der Waals surface area contributed by atoms with Crippen LogP contribution in [0.5, 0.6) is 0 Å². The van der Waals surface area contributed by atoms with E-state index in [2.05, 4.69) is 0 Å². The van der Waals surface area contributed by atoms with E-state index < -0.39 is 22.2 Å². The summed E-state index contributed by atoms with van der Waals surface area (Å²) in [6.45, 7) is 0. The van der Waals surface area contributed by atoms with E-state index in [9.17, 15) is 13.2 Å². The molecule has 0 aliphatic heterocycles. The molecule has 0 spiro atoms. The number of hydrogen-bond acceptors (Lipinski definition) is 4. The van der Waals surface area contributed by atoms with Crippen molar-refractivity contribution in [3.63, 3.8) is 0 Å². The summed E-state index contributed by atoms with van der Waals surface area (Å²) in [5, 5.41) is 8.58. The average molecular weight is 203 g/mol. The van der Waals surface area contributed by atoms with Crippen molar-refractivity contribution < 1.29 is 18.3 Å². The van der Waals surface area contributed by atoms with Gasteiger partial charge in [0, 0.05) is 0 Å². The normalized spacial score (nSPS) is 19.4. The van der Waals surface area contributed by atoms with Crippen molar-refractivity contribution in [2.24, 2.45) is 5.92 Å². The molecule has 0 fully saturated rings. The van der Waals surface area contributed by atoms with Crippen molar-refractivity contribution in [2.75, 3.05) is 0 Å². The van der Waals surface area contributed by atoms with Crippen LogP contribution in [-0.4, -0.2) is 24.4 Å². The fraction of sp³-hybridized carbons (Fsp3) is 0.143.